The lowest BCUT2D eigenvalue weighted by molar-refractivity contribution is -0.162. The van der Waals surface area contributed by atoms with Crippen LogP contribution in [0.25, 0.3) is 0 Å². The van der Waals surface area contributed by atoms with Crippen molar-refractivity contribution >= 4 is 11.9 Å². The highest BCUT2D eigenvalue weighted by Crippen LogP contribution is 2.20. The van der Waals surface area contributed by atoms with E-state index in [9.17, 15) is 9.59 Å². The van der Waals surface area contributed by atoms with Gasteiger partial charge in [-0.1, -0.05) is 30.3 Å². The Kier molecular flexibility index (Phi) is 2.41. The van der Waals surface area contributed by atoms with Gasteiger partial charge in [-0.25, -0.2) is 0 Å². The molecular formula is C11H11NO3. The van der Waals surface area contributed by atoms with Crippen LogP contribution in [0.1, 0.15) is 5.56 Å². The zero-order valence-corrected chi connectivity index (χ0v) is 8.09. The molecule has 1 fully saturated rings. The fraction of sp³-hybridized carbons (Fsp3) is 0.273. The van der Waals surface area contributed by atoms with Crippen LogP contribution < -0.4 is 0 Å². The summed E-state index contributed by atoms with van der Waals surface area (Å²) in [7, 11) is 0. The van der Waals surface area contributed by atoms with Crippen LogP contribution in [0.5, 0.6) is 0 Å². The van der Waals surface area contributed by atoms with Gasteiger partial charge in [-0.05, 0) is 5.56 Å². The maximum Gasteiger partial charge on any atom is 0.317 e. The summed E-state index contributed by atoms with van der Waals surface area (Å²) in [5, 5.41) is 8.64. The number of benzene rings is 1. The number of nitrogens with zero attached hydrogens (tertiary/aromatic N) is 1. The first kappa shape index (κ1) is 9.71. The number of hydrogen-bond donors (Lipinski definition) is 1. The molecule has 1 unspecified atom stereocenters. The van der Waals surface area contributed by atoms with E-state index in [1.165, 1.54) is 0 Å². The molecule has 0 aliphatic carbocycles. The highest BCUT2D eigenvalue weighted by molar-refractivity contribution is 6.01. The first-order valence-corrected chi connectivity index (χ1v) is 4.74. The minimum atomic E-state index is -1.02. The van der Waals surface area contributed by atoms with Gasteiger partial charge >= 0.3 is 5.97 Å². The molecular weight excluding hydrogens is 194 g/mol. The molecule has 4 heteroatoms. The SMILES string of the molecule is O=C(O)C1CN(Cc2ccccc2)C1=O. The molecule has 1 aliphatic heterocycles. The number of β-lactam (4-membered cyclic amide) rings is 1. The summed E-state index contributed by atoms with van der Waals surface area (Å²) in [6.45, 7) is 0.826. The van der Waals surface area contributed by atoms with E-state index in [2.05, 4.69) is 0 Å². The van der Waals surface area contributed by atoms with Crippen LogP contribution in [-0.2, 0) is 16.1 Å². The van der Waals surface area contributed by atoms with Crippen molar-refractivity contribution < 1.29 is 14.7 Å². The second-order valence-electron chi connectivity index (χ2n) is 3.60. The second-order valence-corrected chi connectivity index (χ2v) is 3.60. The van der Waals surface area contributed by atoms with Gasteiger partial charge in [0.05, 0.1) is 0 Å². The zero-order valence-electron chi connectivity index (χ0n) is 8.09. The monoisotopic (exact) mass is 205 g/mol. The van der Waals surface area contributed by atoms with E-state index in [-0.39, 0.29) is 5.91 Å². The lowest BCUT2D eigenvalue weighted by atomic mass is 9.98. The van der Waals surface area contributed by atoms with E-state index in [0.717, 1.165) is 5.56 Å². The number of likely N-dealkylation sites (tertiary alicyclic amines) is 1. The Morgan fingerprint density at radius 1 is 1.40 bits per heavy atom. The maximum absolute atomic E-state index is 11.4. The van der Waals surface area contributed by atoms with Crippen LogP contribution in [0.15, 0.2) is 30.3 Å². The number of amides is 1. The van der Waals surface area contributed by atoms with Gasteiger partial charge in [0.1, 0.15) is 0 Å². The molecule has 1 aromatic rings. The molecule has 0 saturated carbocycles. The Balaban J connectivity index is 1.95. The average molecular weight is 205 g/mol. The Morgan fingerprint density at radius 2 is 2.07 bits per heavy atom. The first-order chi connectivity index (χ1) is 7.18. The number of carbonyl (C=O) groups excluding carboxylic acids is 1. The molecule has 0 radical (unpaired) electrons. The molecule has 0 spiro atoms. The number of carbonyl (C=O) groups is 2. The third kappa shape index (κ3) is 1.83. The van der Waals surface area contributed by atoms with Gasteiger partial charge in [-0.2, -0.15) is 0 Å². The minimum Gasteiger partial charge on any atom is -0.481 e. The van der Waals surface area contributed by atoms with E-state index in [4.69, 9.17) is 5.11 Å². The third-order valence-corrected chi connectivity index (χ3v) is 2.53. The Bertz CT molecular complexity index is 388. The van der Waals surface area contributed by atoms with Crippen molar-refractivity contribution in [2.75, 3.05) is 6.54 Å². The van der Waals surface area contributed by atoms with Gasteiger partial charge in [-0.3, -0.25) is 9.59 Å². The average Bonchev–Trinajstić information content (AvgIpc) is 2.24. The fourth-order valence-electron chi connectivity index (χ4n) is 1.63. The van der Waals surface area contributed by atoms with E-state index in [1.54, 1.807) is 4.90 Å². The van der Waals surface area contributed by atoms with E-state index < -0.39 is 11.9 Å². The predicted molar refractivity (Wildman–Crippen MR) is 53.0 cm³/mol. The van der Waals surface area contributed by atoms with Gasteiger partial charge in [-0.15, -0.1) is 0 Å². The van der Waals surface area contributed by atoms with Crippen molar-refractivity contribution in [1.29, 1.82) is 0 Å². The summed E-state index contributed by atoms with van der Waals surface area (Å²) in [5.74, 6) is -2.13. The summed E-state index contributed by atoms with van der Waals surface area (Å²) in [6.07, 6.45) is 0. The van der Waals surface area contributed by atoms with E-state index in [0.29, 0.717) is 13.1 Å². The van der Waals surface area contributed by atoms with Crippen LogP contribution in [0.3, 0.4) is 0 Å². The normalized spacial score (nSPS) is 19.9. The van der Waals surface area contributed by atoms with Crippen molar-refractivity contribution in [3.05, 3.63) is 35.9 Å². The van der Waals surface area contributed by atoms with Crippen molar-refractivity contribution in [2.24, 2.45) is 5.92 Å². The van der Waals surface area contributed by atoms with Crippen LogP contribution in [0, 0.1) is 5.92 Å². The molecule has 4 nitrogen and oxygen atoms in total. The van der Waals surface area contributed by atoms with E-state index in [1.807, 2.05) is 30.3 Å². The molecule has 0 bridgehead atoms. The van der Waals surface area contributed by atoms with Crippen molar-refractivity contribution in [1.82, 2.24) is 4.90 Å². The zero-order chi connectivity index (χ0) is 10.8. The van der Waals surface area contributed by atoms with Crippen molar-refractivity contribution in [3.63, 3.8) is 0 Å². The largest absolute Gasteiger partial charge is 0.481 e. The number of carboxylic acid groups (broad SMARTS) is 1. The van der Waals surface area contributed by atoms with Gasteiger partial charge in [0, 0.05) is 13.1 Å². The summed E-state index contributed by atoms with van der Waals surface area (Å²) >= 11 is 0. The number of rotatable bonds is 3. The van der Waals surface area contributed by atoms with Gasteiger partial charge < -0.3 is 10.0 Å². The summed E-state index contributed by atoms with van der Waals surface area (Å²) in [5.41, 5.74) is 1.02. The smallest absolute Gasteiger partial charge is 0.317 e. The van der Waals surface area contributed by atoms with Crippen molar-refractivity contribution in [2.45, 2.75) is 6.54 Å². The lowest BCUT2D eigenvalue weighted by Gasteiger charge is -2.35. The number of carboxylic acids is 1. The van der Waals surface area contributed by atoms with Crippen LogP contribution >= 0.6 is 0 Å². The Labute approximate surface area is 87.1 Å². The quantitative estimate of drug-likeness (QED) is 0.584. The Morgan fingerprint density at radius 3 is 2.60 bits per heavy atom. The molecule has 1 aromatic carbocycles. The lowest BCUT2D eigenvalue weighted by Crippen LogP contribution is -2.54. The molecule has 15 heavy (non-hydrogen) atoms. The van der Waals surface area contributed by atoms with Crippen LogP contribution in [-0.4, -0.2) is 28.4 Å². The molecule has 0 aromatic heterocycles. The van der Waals surface area contributed by atoms with Gasteiger partial charge in [0.2, 0.25) is 5.91 Å². The first-order valence-electron chi connectivity index (χ1n) is 4.74. The van der Waals surface area contributed by atoms with Gasteiger partial charge in [0.15, 0.2) is 5.92 Å². The topological polar surface area (TPSA) is 57.6 Å². The number of hydrogen-bond acceptors (Lipinski definition) is 2. The van der Waals surface area contributed by atoms with Crippen molar-refractivity contribution in [3.8, 4) is 0 Å². The Hall–Kier alpha value is -1.84. The van der Waals surface area contributed by atoms with Crippen LogP contribution in [0.4, 0.5) is 0 Å². The highest BCUT2D eigenvalue weighted by atomic mass is 16.4. The molecule has 1 saturated heterocycles. The summed E-state index contributed by atoms with van der Waals surface area (Å²) in [4.78, 5) is 23.4. The molecule has 1 N–H and O–H groups in total. The molecule has 78 valence electrons. The molecule has 1 atom stereocenters. The third-order valence-electron chi connectivity index (χ3n) is 2.53. The minimum absolute atomic E-state index is 0.286. The molecule has 1 heterocycles. The van der Waals surface area contributed by atoms with Crippen LogP contribution in [0.2, 0.25) is 0 Å². The standard InChI is InChI=1S/C11H11NO3/c13-10-9(11(14)15)7-12(10)6-8-4-2-1-3-5-8/h1-5,9H,6-7H2,(H,14,15). The molecule has 2 rings (SSSR count). The maximum atomic E-state index is 11.4. The fourth-order valence-corrected chi connectivity index (χ4v) is 1.63. The number of aliphatic carboxylic acids is 1. The summed E-state index contributed by atoms with van der Waals surface area (Å²) < 4.78 is 0. The molecule has 1 aliphatic rings. The second kappa shape index (κ2) is 3.73. The van der Waals surface area contributed by atoms with Gasteiger partial charge in [0.25, 0.3) is 0 Å². The predicted octanol–water partition coefficient (Wildman–Crippen LogP) is 0.730. The summed E-state index contributed by atoms with van der Waals surface area (Å²) in [6, 6.07) is 9.53. The molecule has 1 amide bonds. The van der Waals surface area contributed by atoms with E-state index >= 15 is 0 Å². The highest BCUT2D eigenvalue weighted by Gasteiger charge is 2.41.